The minimum absolute atomic E-state index is 0.174. The molecule has 1 aromatic rings. The molecule has 0 saturated heterocycles. The highest BCUT2D eigenvalue weighted by Crippen LogP contribution is 2.50. The van der Waals surface area contributed by atoms with Crippen molar-refractivity contribution in [1.82, 2.24) is 4.90 Å². The molecule has 1 aliphatic carbocycles. The largest absolute Gasteiger partial charge is 0.457 e. The third kappa shape index (κ3) is 2.74. The molecular weight excluding hydrogens is 350 g/mol. The first-order valence-corrected chi connectivity index (χ1v) is 8.51. The molecule has 4 rings (SSSR count). The van der Waals surface area contributed by atoms with Crippen molar-refractivity contribution in [2.24, 2.45) is 4.99 Å². The summed E-state index contributed by atoms with van der Waals surface area (Å²) in [6.45, 7) is 0.681. The molecule has 3 aliphatic rings. The first kappa shape index (κ1) is 16.6. The van der Waals surface area contributed by atoms with Gasteiger partial charge < -0.3 is 18.9 Å². The number of fused-ring (bicyclic) bond motifs is 2. The molecule has 5 nitrogen and oxygen atoms in total. The lowest BCUT2D eigenvalue weighted by atomic mass is 10.1. The van der Waals surface area contributed by atoms with Crippen molar-refractivity contribution < 1.29 is 22.8 Å². The molecule has 25 heavy (non-hydrogen) atoms. The highest BCUT2D eigenvalue weighted by molar-refractivity contribution is 7.94. The van der Waals surface area contributed by atoms with Crippen LogP contribution in [0, 0.1) is 0 Å². The van der Waals surface area contributed by atoms with Crippen molar-refractivity contribution >= 4 is 18.3 Å². The van der Waals surface area contributed by atoms with Crippen molar-refractivity contribution in [2.45, 2.75) is 29.5 Å². The van der Waals surface area contributed by atoms with Crippen LogP contribution in [0.15, 0.2) is 46.1 Å². The van der Waals surface area contributed by atoms with Crippen LogP contribution >= 0.6 is 12.0 Å². The second-order valence-corrected chi connectivity index (χ2v) is 6.90. The van der Waals surface area contributed by atoms with Gasteiger partial charge in [-0.3, -0.25) is 4.99 Å². The number of nitrogens with zero attached hydrogens (tertiary/aromatic N) is 2. The molecule has 0 radical (unpaired) electrons. The number of aliphatic imine (C=N–C) groups is 1. The minimum Gasteiger partial charge on any atom is -0.457 e. The SMILES string of the molecule is COSc1ccc(OC2=CC=CN3CC=NC23)c2c1C(O)C(F)(F)C2. The van der Waals surface area contributed by atoms with E-state index in [1.807, 2.05) is 17.2 Å². The number of hydrogen-bond acceptors (Lipinski definition) is 6. The number of alkyl halides is 2. The number of ether oxygens (including phenoxy) is 1. The van der Waals surface area contributed by atoms with Crippen molar-refractivity contribution in [2.75, 3.05) is 13.7 Å². The topological polar surface area (TPSA) is 54.3 Å². The van der Waals surface area contributed by atoms with E-state index in [4.69, 9.17) is 8.92 Å². The van der Waals surface area contributed by atoms with E-state index < -0.39 is 18.4 Å². The second kappa shape index (κ2) is 6.12. The van der Waals surface area contributed by atoms with Gasteiger partial charge in [0.15, 0.2) is 6.17 Å². The summed E-state index contributed by atoms with van der Waals surface area (Å²) >= 11 is 0.949. The molecule has 2 unspecified atom stereocenters. The maximum atomic E-state index is 14.1. The first-order valence-electron chi connectivity index (χ1n) is 7.77. The Morgan fingerprint density at radius 3 is 3.04 bits per heavy atom. The Morgan fingerprint density at radius 2 is 2.24 bits per heavy atom. The zero-order chi connectivity index (χ0) is 17.6. The fraction of sp³-hybridized carbons (Fsp3) is 0.353. The molecule has 1 aromatic carbocycles. The van der Waals surface area contributed by atoms with Gasteiger partial charge in [-0.1, -0.05) is 0 Å². The van der Waals surface area contributed by atoms with Crippen LogP contribution in [0.4, 0.5) is 8.78 Å². The van der Waals surface area contributed by atoms with E-state index >= 15 is 0 Å². The Hall–Kier alpha value is -1.90. The molecule has 0 bridgehead atoms. The van der Waals surface area contributed by atoms with Gasteiger partial charge in [0.05, 0.1) is 13.7 Å². The predicted molar refractivity (Wildman–Crippen MR) is 89.8 cm³/mol. The molecule has 0 amide bonds. The third-order valence-corrected chi connectivity index (χ3v) is 5.11. The summed E-state index contributed by atoms with van der Waals surface area (Å²) in [7, 11) is 1.45. The van der Waals surface area contributed by atoms with Crippen LogP contribution in [0.5, 0.6) is 5.75 Å². The van der Waals surface area contributed by atoms with Crippen molar-refractivity contribution in [1.29, 1.82) is 0 Å². The number of aliphatic hydroxyl groups excluding tert-OH is 1. The minimum atomic E-state index is -3.23. The van der Waals surface area contributed by atoms with Crippen LogP contribution in [-0.2, 0) is 10.6 Å². The second-order valence-electron chi connectivity index (χ2n) is 5.96. The lowest BCUT2D eigenvalue weighted by molar-refractivity contribution is -0.0976. The van der Waals surface area contributed by atoms with E-state index in [0.717, 1.165) is 12.0 Å². The predicted octanol–water partition coefficient (Wildman–Crippen LogP) is 3.07. The molecular formula is C17H16F2N2O3S. The Bertz CT molecular complexity index is 794. The van der Waals surface area contributed by atoms with E-state index in [9.17, 15) is 13.9 Å². The summed E-state index contributed by atoms with van der Waals surface area (Å²) in [5, 5.41) is 10.1. The van der Waals surface area contributed by atoms with Gasteiger partial charge in [-0.2, -0.15) is 0 Å². The molecule has 2 aliphatic heterocycles. The van der Waals surface area contributed by atoms with Crippen LogP contribution in [0.2, 0.25) is 0 Å². The number of allylic oxidation sites excluding steroid dienone is 2. The highest BCUT2D eigenvalue weighted by Gasteiger charge is 2.49. The van der Waals surface area contributed by atoms with Crippen molar-refractivity contribution in [3.05, 3.63) is 47.4 Å². The fourth-order valence-electron chi connectivity index (χ4n) is 3.26. The summed E-state index contributed by atoms with van der Waals surface area (Å²) in [6, 6.07) is 3.26. The van der Waals surface area contributed by atoms with Crippen LogP contribution in [0.1, 0.15) is 17.2 Å². The standard InChI is InChI=1S/C17H16F2N2O3S/c1-23-25-13-5-4-11(10-9-17(18,19)15(22)14(10)13)24-12-3-2-7-21-8-6-20-16(12)21/h2-7,15-16,22H,8-9H2,1H3. The van der Waals surface area contributed by atoms with Gasteiger partial charge in [-0.25, -0.2) is 8.78 Å². The molecule has 132 valence electrons. The first-order chi connectivity index (χ1) is 12.0. The van der Waals surface area contributed by atoms with Crippen molar-refractivity contribution in [3.8, 4) is 5.75 Å². The number of halogens is 2. The van der Waals surface area contributed by atoms with Crippen LogP contribution in [0.3, 0.4) is 0 Å². The van der Waals surface area contributed by atoms with Gasteiger partial charge in [0.25, 0.3) is 5.92 Å². The van der Waals surface area contributed by atoms with E-state index in [1.165, 1.54) is 7.11 Å². The smallest absolute Gasteiger partial charge is 0.281 e. The Labute approximate surface area is 147 Å². The van der Waals surface area contributed by atoms with Crippen molar-refractivity contribution in [3.63, 3.8) is 0 Å². The van der Waals surface area contributed by atoms with Crippen LogP contribution in [-0.4, -0.2) is 42.0 Å². The third-order valence-electron chi connectivity index (χ3n) is 4.41. The molecule has 2 atom stereocenters. The van der Waals surface area contributed by atoms with Crippen LogP contribution in [0.25, 0.3) is 0 Å². The number of aliphatic hydroxyl groups is 1. The fourth-order valence-corrected chi connectivity index (χ4v) is 3.89. The summed E-state index contributed by atoms with van der Waals surface area (Å²) in [5.41, 5.74) is 0.483. The number of benzene rings is 1. The molecule has 2 heterocycles. The van der Waals surface area contributed by atoms with Gasteiger partial charge in [0, 0.05) is 46.9 Å². The molecule has 0 aromatic heterocycles. The molecule has 0 saturated carbocycles. The quantitative estimate of drug-likeness (QED) is 0.830. The van der Waals surface area contributed by atoms with E-state index in [0.29, 0.717) is 28.5 Å². The van der Waals surface area contributed by atoms with E-state index in [1.54, 1.807) is 24.4 Å². The lowest BCUT2D eigenvalue weighted by Gasteiger charge is -2.26. The Balaban J connectivity index is 1.71. The van der Waals surface area contributed by atoms with Gasteiger partial charge >= 0.3 is 0 Å². The monoisotopic (exact) mass is 366 g/mol. The maximum absolute atomic E-state index is 14.1. The molecule has 0 spiro atoms. The van der Waals surface area contributed by atoms with Gasteiger partial charge in [0.2, 0.25) is 0 Å². The van der Waals surface area contributed by atoms with Crippen LogP contribution < -0.4 is 4.74 Å². The highest BCUT2D eigenvalue weighted by atomic mass is 32.2. The summed E-state index contributed by atoms with van der Waals surface area (Å²) in [5.74, 6) is -2.35. The molecule has 0 fully saturated rings. The summed E-state index contributed by atoms with van der Waals surface area (Å²) in [4.78, 5) is 6.80. The Morgan fingerprint density at radius 1 is 1.40 bits per heavy atom. The lowest BCUT2D eigenvalue weighted by Crippen LogP contribution is -2.30. The van der Waals surface area contributed by atoms with Gasteiger partial charge in [-0.05, 0) is 24.3 Å². The number of hydrogen-bond donors (Lipinski definition) is 1. The van der Waals surface area contributed by atoms with E-state index in [2.05, 4.69) is 4.99 Å². The summed E-state index contributed by atoms with van der Waals surface area (Å²) < 4.78 is 39.2. The average Bonchev–Trinajstić information content (AvgIpc) is 3.14. The maximum Gasteiger partial charge on any atom is 0.281 e. The van der Waals surface area contributed by atoms with Gasteiger partial charge in [0.1, 0.15) is 17.6 Å². The Kier molecular flexibility index (Phi) is 4.05. The number of rotatable bonds is 4. The zero-order valence-corrected chi connectivity index (χ0v) is 14.2. The molecule has 8 heteroatoms. The van der Waals surface area contributed by atoms with Gasteiger partial charge in [-0.15, -0.1) is 0 Å². The van der Waals surface area contributed by atoms with E-state index in [-0.39, 0.29) is 11.7 Å². The average molecular weight is 366 g/mol. The molecule has 1 N–H and O–H groups in total. The summed E-state index contributed by atoms with van der Waals surface area (Å²) in [6.07, 6.45) is 4.59. The normalized spacial score (nSPS) is 25.8. The zero-order valence-electron chi connectivity index (χ0n) is 13.4.